The number of rotatable bonds is 4. The van der Waals surface area contributed by atoms with Crippen molar-refractivity contribution >= 4 is 0 Å². The van der Waals surface area contributed by atoms with E-state index >= 15 is 0 Å². The third-order valence-electron chi connectivity index (χ3n) is 6.20. The van der Waals surface area contributed by atoms with E-state index in [1.54, 1.807) is 0 Å². The molecule has 1 aromatic rings. The van der Waals surface area contributed by atoms with E-state index in [9.17, 15) is 0 Å². The third-order valence-corrected chi connectivity index (χ3v) is 6.20. The molecule has 1 aromatic carbocycles. The van der Waals surface area contributed by atoms with Gasteiger partial charge in [-0.1, -0.05) is 25.8 Å². The Morgan fingerprint density at radius 3 is 2.00 bits per heavy atom. The zero-order valence-electron chi connectivity index (χ0n) is 15.0. The highest BCUT2D eigenvalue weighted by molar-refractivity contribution is 5.33. The molecule has 0 amide bonds. The minimum absolute atomic E-state index is 0.273. The molecule has 0 heterocycles. The second kappa shape index (κ2) is 7.70. The molecule has 0 bridgehead atoms. The van der Waals surface area contributed by atoms with Gasteiger partial charge in [-0.15, -0.1) is 0 Å². The largest absolute Gasteiger partial charge is 0.337 e. The first-order valence-electron chi connectivity index (χ1n) is 9.52. The highest BCUT2D eigenvalue weighted by atomic mass is 17.2. The average Bonchev–Trinajstić information content (AvgIpc) is 2.57. The Bertz CT molecular complexity index is 495. The van der Waals surface area contributed by atoms with E-state index < -0.39 is 0 Å². The molecule has 0 spiro atoms. The van der Waals surface area contributed by atoms with Gasteiger partial charge < -0.3 is 4.89 Å². The molecule has 2 aliphatic rings. The molecule has 0 atom stereocenters. The van der Waals surface area contributed by atoms with Gasteiger partial charge in [-0.25, -0.2) is 0 Å². The fourth-order valence-electron chi connectivity index (χ4n) is 4.30. The average molecular weight is 316 g/mol. The second-order valence-electron chi connectivity index (χ2n) is 7.98. The quantitative estimate of drug-likeness (QED) is 0.501. The van der Waals surface area contributed by atoms with Crippen LogP contribution in [0.4, 0.5) is 0 Å². The number of benzene rings is 1. The molecular formula is C21H32O2. The molecule has 0 radical (unpaired) electrons. The summed E-state index contributed by atoms with van der Waals surface area (Å²) in [5.41, 5.74) is 2.54. The monoisotopic (exact) mass is 316 g/mol. The van der Waals surface area contributed by atoms with Gasteiger partial charge in [0, 0.05) is 0 Å². The first-order valence-corrected chi connectivity index (χ1v) is 9.52. The molecule has 0 unspecified atom stereocenters. The first-order chi connectivity index (χ1) is 11.1. The summed E-state index contributed by atoms with van der Waals surface area (Å²) < 4.78 is 0. The van der Waals surface area contributed by atoms with Crippen molar-refractivity contribution in [2.45, 2.75) is 78.2 Å². The Hall–Kier alpha value is -1.02. The summed E-state index contributed by atoms with van der Waals surface area (Å²) in [5.74, 6) is 3.70. The van der Waals surface area contributed by atoms with E-state index in [0.29, 0.717) is 0 Å². The second-order valence-corrected chi connectivity index (χ2v) is 7.98. The molecule has 0 aromatic heterocycles. The molecule has 2 fully saturated rings. The van der Waals surface area contributed by atoms with E-state index in [2.05, 4.69) is 32.9 Å². The third kappa shape index (κ3) is 4.50. The van der Waals surface area contributed by atoms with Gasteiger partial charge in [-0.3, -0.25) is 0 Å². The summed E-state index contributed by atoms with van der Waals surface area (Å²) in [4.78, 5) is 11.3. The fraction of sp³-hybridized carbons (Fsp3) is 0.714. The van der Waals surface area contributed by atoms with Crippen molar-refractivity contribution in [3.63, 3.8) is 0 Å². The maximum absolute atomic E-state index is 5.72. The predicted octanol–water partition coefficient (Wildman–Crippen LogP) is 6.00. The van der Waals surface area contributed by atoms with Crippen molar-refractivity contribution in [1.82, 2.24) is 0 Å². The van der Waals surface area contributed by atoms with Gasteiger partial charge in [0.2, 0.25) is 0 Å². The van der Waals surface area contributed by atoms with Crippen molar-refractivity contribution < 1.29 is 9.78 Å². The lowest BCUT2D eigenvalue weighted by Gasteiger charge is -2.36. The van der Waals surface area contributed by atoms with Crippen LogP contribution in [0.5, 0.6) is 5.75 Å². The van der Waals surface area contributed by atoms with Crippen LogP contribution in [0.25, 0.3) is 0 Å². The van der Waals surface area contributed by atoms with E-state index in [4.69, 9.17) is 9.78 Å². The molecule has 128 valence electrons. The zero-order chi connectivity index (χ0) is 16.2. The Morgan fingerprint density at radius 2 is 1.39 bits per heavy atom. The Morgan fingerprint density at radius 1 is 0.783 bits per heavy atom. The maximum Gasteiger partial charge on any atom is 0.165 e. The number of hydrogen-bond acceptors (Lipinski definition) is 2. The van der Waals surface area contributed by atoms with Crippen LogP contribution in [0.2, 0.25) is 0 Å². The van der Waals surface area contributed by atoms with Crippen molar-refractivity contribution in [3.8, 4) is 5.75 Å². The summed E-state index contributed by atoms with van der Waals surface area (Å²) in [6, 6.07) is 6.15. The van der Waals surface area contributed by atoms with Crippen LogP contribution in [0.1, 0.15) is 69.4 Å². The Balaban J connectivity index is 1.41. The summed E-state index contributed by atoms with van der Waals surface area (Å²) in [5, 5.41) is 0. The van der Waals surface area contributed by atoms with Gasteiger partial charge in [0.1, 0.15) is 6.10 Å². The first kappa shape index (κ1) is 16.8. The molecule has 3 rings (SSSR count). The topological polar surface area (TPSA) is 18.5 Å². The Labute approximate surface area is 141 Å². The van der Waals surface area contributed by atoms with Crippen LogP contribution in [0.3, 0.4) is 0 Å². The smallest absolute Gasteiger partial charge is 0.165 e. The van der Waals surface area contributed by atoms with Crippen LogP contribution >= 0.6 is 0 Å². The van der Waals surface area contributed by atoms with Gasteiger partial charge in [0.25, 0.3) is 0 Å². The molecule has 23 heavy (non-hydrogen) atoms. The highest BCUT2D eigenvalue weighted by Crippen LogP contribution is 2.40. The van der Waals surface area contributed by atoms with Gasteiger partial charge in [-0.05, 0) is 93.4 Å². The SMILES string of the molecule is Cc1ccc(OOC2CCC(C3CCC(C)CC3)CC2)cc1C. The van der Waals surface area contributed by atoms with Crippen LogP contribution < -0.4 is 4.89 Å². The van der Waals surface area contributed by atoms with Gasteiger partial charge in [0.05, 0.1) is 0 Å². The lowest BCUT2D eigenvalue weighted by molar-refractivity contribution is -0.253. The van der Waals surface area contributed by atoms with Crippen LogP contribution in [-0.2, 0) is 4.89 Å². The summed E-state index contributed by atoms with van der Waals surface area (Å²) in [6.07, 6.45) is 11.0. The minimum Gasteiger partial charge on any atom is -0.337 e. The van der Waals surface area contributed by atoms with Crippen LogP contribution in [0.15, 0.2) is 18.2 Å². The molecule has 2 saturated carbocycles. The van der Waals surface area contributed by atoms with Crippen LogP contribution in [-0.4, -0.2) is 6.10 Å². The normalized spacial score (nSPS) is 31.8. The summed E-state index contributed by atoms with van der Waals surface area (Å²) in [6.45, 7) is 6.64. The lowest BCUT2D eigenvalue weighted by atomic mass is 9.71. The molecule has 0 aliphatic heterocycles. The fourth-order valence-corrected chi connectivity index (χ4v) is 4.30. The van der Waals surface area contributed by atoms with Crippen molar-refractivity contribution in [2.75, 3.05) is 0 Å². The van der Waals surface area contributed by atoms with E-state index in [1.165, 1.54) is 49.7 Å². The van der Waals surface area contributed by atoms with Gasteiger partial charge in [0.15, 0.2) is 5.75 Å². The molecule has 0 saturated heterocycles. The summed E-state index contributed by atoms with van der Waals surface area (Å²) >= 11 is 0. The van der Waals surface area contributed by atoms with Crippen molar-refractivity contribution in [2.24, 2.45) is 17.8 Å². The Kier molecular flexibility index (Phi) is 5.63. The van der Waals surface area contributed by atoms with E-state index in [0.717, 1.165) is 36.3 Å². The highest BCUT2D eigenvalue weighted by Gasteiger charge is 2.30. The lowest BCUT2D eigenvalue weighted by Crippen LogP contribution is -2.28. The minimum atomic E-state index is 0.273. The van der Waals surface area contributed by atoms with Crippen molar-refractivity contribution in [3.05, 3.63) is 29.3 Å². The molecule has 2 heteroatoms. The van der Waals surface area contributed by atoms with Gasteiger partial charge >= 0.3 is 0 Å². The summed E-state index contributed by atoms with van der Waals surface area (Å²) in [7, 11) is 0. The molecule has 2 nitrogen and oxygen atoms in total. The molecule has 2 aliphatic carbocycles. The molecular weight excluding hydrogens is 284 g/mol. The molecule has 0 N–H and O–H groups in total. The number of aryl methyl sites for hydroxylation is 2. The maximum atomic E-state index is 5.72. The standard InChI is InChI=1S/C21H32O2/c1-15-4-7-18(8-5-15)19-9-12-20(13-10-19)22-23-21-11-6-16(2)17(3)14-21/h6,11,14-15,18-20H,4-5,7-10,12-13H2,1-3H3. The zero-order valence-corrected chi connectivity index (χ0v) is 15.0. The van der Waals surface area contributed by atoms with E-state index in [1.807, 2.05) is 6.07 Å². The van der Waals surface area contributed by atoms with E-state index in [-0.39, 0.29) is 6.10 Å². The van der Waals surface area contributed by atoms with Gasteiger partial charge in [-0.2, -0.15) is 4.89 Å². The number of hydrogen-bond donors (Lipinski definition) is 0. The van der Waals surface area contributed by atoms with Crippen LogP contribution in [0, 0.1) is 31.6 Å². The predicted molar refractivity (Wildman–Crippen MR) is 94.5 cm³/mol. The van der Waals surface area contributed by atoms with Crippen molar-refractivity contribution in [1.29, 1.82) is 0 Å².